The number of hydrogen-bond donors (Lipinski definition) is 3. The lowest BCUT2D eigenvalue weighted by Gasteiger charge is -2.38. The monoisotopic (exact) mass is 823 g/mol. The number of fused-ring (bicyclic) bond motifs is 1. The zero-order valence-electron chi connectivity index (χ0n) is 34.6. The molecule has 15 nitrogen and oxygen atoms in total. The standard InChI is InChI=1S/C27H33N5O3.C18H24N2O5/c1-29-23-7-3-2-6-22(23)18-25(33)32(27(29)35)19-20-9-11-21(12-10-20)26(34)31-16-14-30(15-17-31)24-8-4-5-13-28-24;1-20(18(24)25)15-5-3-2-4-14(15)10-16(21)19-11-12-6-8-13(9-7-12)17(22)23/h2-8,13,20-21H,9-12,14-19H2,1H3;2-5,12-13H,6-11H2,1H3,(H,19,21)(H,22,23)(H,24,25). The molecule has 6 amide bonds. The maximum atomic E-state index is 13.2. The minimum Gasteiger partial charge on any atom is -0.481 e. The highest BCUT2D eigenvalue weighted by atomic mass is 16.4. The minimum absolute atomic E-state index is 0.0371. The van der Waals surface area contributed by atoms with Crippen molar-refractivity contribution in [2.45, 2.75) is 64.2 Å². The number of aliphatic carboxylic acids is 1. The first kappa shape index (κ1) is 43.6. The fourth-order valence-corrected chi connectivity index (χ4v) is 8.82. The number of nitrogens with one attached hydrogen (secondary N) is 1. The van der Waals surface area contributed by atoms with E-state index in [-0.39, 0.29) is 54.3 Å². The number of para-hydroxylation sites is 2. The summed E-state index contributed by atoms with van der Waals surface area (Å²) in [7, 11) is 3.18. The number of hydrogen-bond acceptors (Lipinski definition) is 8. The Kier molecular flexibility index (Phi) is 14.8. The van der Waals surface area contributed by atoms with Gasteiger partial charge in [-0.25, -0.2) is 14.6 Å². The second-order valence-electron chi connectivity index (χ2n) is 16.4. The third-order valence-corrected chi connectivity index (χ3v) is 12.5. The van der Waals surface area contributed by atoms with Gasteiger partial charge in [0.2, 0.25) is 17.7 Å². The van der Waals surface area contributed by atoms with Gasteiger partial charge in [-0.3, -0.25) is 33.9 Å². The van der Waals surface area contributed by atoms with E-state index in [0.29, 0.717) is 43.1 Å². The molecule has 15 heteroatoms. The van der Waals surface area contributed by atoms with Crippen LogP contribution >= 0.6 is 0 Å². The van der Waals surface area contributed by atoms with Crippen LogP contribution in [0.25, 0.3) is 0 Å². The van der Waals surface area contributed by atoms with Crippen LogP contribution in [0.3, 0.4) is 0 Å². The second kappa shape index (κ2) is 20.3. The summed E-state index contributed by atoms with van der Waals surface area (Å²) in [6.07, 6.45) is 7.33. The van der Waals surface area contributed by atoms with Crippen LogP contribution in [0.2, 0.25) is 0 Å². The second-order valence-corrected chi connectivity index (χ2v) is 16.4. The molecule has 0 radical (unpaired) electrons. The first-order valence-corrected chi connectivity index (χ1v) is 21.0. The van der Waals surface area contributed by atoms with E-state index in [1.165, 1.54) is 11.9 Å². The van der Waals surface area contributed by atoms with Crippen LogP contribution in [0.1, 0.15) is 62.5 Å². The molecular formula is C45H57N7O8. The van der Waals surface area contributed by atoms with Crippen LogP contribution < -0.4 is 20.0 Å². The Morgan fingerprint density at radius 1 is 0.783 bits per heavy atom. The van der Waals surface area contributed by atoms with Crippen LogP contribution in [0.5, 0.6) is 0 Å². The third-order valence-electron chi connectivity index (χ3n) is 12.5. The minimum atomic E-state index is -1.08. The molecule has 1 saturated heterocycles. The molecule has 1 aromatic heterocycles. The van der Waals surface area contributed by atoms with Crippen molar-refractivity contribution in [2.24, 2.45) is 23.7 Å². The van der Waals surface area contributed by atoms with Crippen molar-refractivity contribution in [3.05, 3.63) is 84.1 Å². The molecule has 0 bridgehead atoms. The molecule has 0 spiro atoms. The molecule has 60 heavy (non-hydrogen) atoms. The number of urea groups is 1. The lowest BCUT2D eigenvalue weighted by Crippen LogP contribution is -2.51. The molecular weight excluding hydrogens is 767 g/mol. The molecule has 2 aliphatic carbocycles. The first-order chi connectivity index (χ1) is 28.9. The van der Waals surface area contributed by atoms with Gasteiger partial charge in [-0.15, -0.1) is 0 Å². The van der Waals surface area contributed by atoms with Crippen molar-refractivity contribution in [3.63, 3.8) is 0 Å². The van der Waals surface area contributed by atoms with E-state index < -0.39 is 12.1 Å². The van der Waals surface area contributed by atoms with Gasteiger partial charge in [0.1, 0.15) is 5.82 Å². The largest absolute Gasteiger partial charge is 0.481 e. The maximum Gasteiger partial charge on any atom is 0.411 e. The molecule has 3 aromatic rings. The van der Waals surface area contributed by atoms with Gasteiger partial charge in [0.15, 0.2) is 0 Å². The fraction of sp³-hybridized carbons (Fsp3) is 0.489. The van der Waals surface area contributed by atoms with Crippen LogP contribution in [0.4, 0.5) is 26.8 Å². The van der Waals surface area contributed by atoms with E-state index in [0.717, 1.165) is 86.7 Å². The van der Waals surface area contributed by atoms with Gasteiger partial charge in [0.25, 0.3) is 0 Å². The molecule has 4 aliphatic rings. The van der Waals surface area contributed by atoms with E-state index in [9.17, 15) is 28.8 Å². The van der Waals surface area contributed by atoms with Crippen molar-refractivity contribution in [2.75, 3.05) is 68.1 Å². The predicted molar refractivity (Wildman–Crippen MR) is 227 cm³/mol. The number of piperazine rings is 1. The smallest absolute Gasteiger partial charge is 0.411 e. The molecule has 7 rings (SSSR count). The molecule has 3 heterocycles. The molecule has 0 unspecified atom stereocenters. The Morgan fingerprint density at radius 2 is 1.42 bits per heavy atom. The molecule has 320 valence electrons. The number of carboxylic acid groups (broad SMARTS) is 2. The van der Waals surface area contributed by atoms with Gasteiger partial charge < -0.3 is 25.3 Å². The average molecular weight is 824 g/mol. The first-order valence-electron chi connectivity index (χ1n) is 21.0. The van der Waals surface area contributed by atoms with E-state index in [1.807, 2.05) is 47.4 Å². The van der Waals surface area contributed by atoms with E-state index in [1.54, 1.807) is 42.4 Å². The molecule has 0 atom stereocenters. The van der Waals surface area contributed by atoms with Crippen LogP contribution in [-0.2, 0) is 32.0 Å². The van der Waals surface area contributed by atoms with Gasteiger partial charge in [0, 0.05) is 71.2 Å². The Balaban J connectivity index is 0.000000214. The number of aromatic nitrogens is 1. The molecule has 3 N–H and O–H groups in total. The number of benzene rings is 2. The van der Waals surface area contributed by atoms with E-state index >= 15 is 0 Å². The van der Waals surface area contributed by atoms with Crippen LogP contribution in [0, 0.1) is 23.7 Å². The Morgan fingerprint density at radius 3 is 2.08 bits per heavy atom. The fourth-order valence-electron chi connectivity index (χ4n) is 8.82. The summed E-state index contributed by atoms with van der Waals surface area (Å²) in [6, 6.07) is 20.2. The summed E-state index contributed by atoms with van der Waals surface area (Å²) in [6.45, 7) is 4.00. The van der Waals surface area contributed by atoms with Gasteiger partial charge in [-0.1, -0.05) is 42.5 Å². The van der Waals surface area contributed by atoms with Gasteiger partial charge in [0.05, 0.1) is 24.4 Å². The van der Waals surface area contributed by atoms with Gasteiger partial charge >= 0.3 is 18.1 Å². The quantitative estimate of drug-likeness (QED) is 0.235. The van der Waals surface area contributed by atoms with Gasteiger partial charge in [-0.05, 0) is 98.6 Å². The molecule has 2 aromatic carbocycles. The Bertz CT molecular complexity index is 1990. The number of nitrogens with zero attached hydrogens (tertiary/aromatic N) is 6. The van der Waals surface area contributed by atoms with Crippen LogP contribution in [-0.4, -0.2) is 114 Å². The summed E-state index contributed by atoms with van der Waals surface area (Å²) in [5.41, 5.74) is 2.82. The highest BCUT2D eigenvalue weighted by Gasteiger charge is 2.36. The summed E-state index contributed by atoms with van der Waals surface area (Å²) in [5, 5.41) is 21.0. The predicted octanol–water partition coefficient (Wildman–Crippen LogP) is 5.53. The zero-order chi connectivity index (χ0) is 42.8. The topological polar surface area (TPSA) is 184 Å². The number of carbonyl (C=O) groups excluding carboxylic acids is 4. The van der Waals surface area contributed by atoms with Crippen molar-refractivity contribution in [3.8, 4) is 0 Å². The zero-order valence-corrected chi connectivity index (χ0v) is 34.6. The number of amides is 6. The maximum absolute atomic E-state index is 13.2. The lowest BCUT2D eigenvalue weighted by molar-refractivity contribution is -0.143. The third kappa shape index (κ3) is 11.0. The molecule has 3 fully saturated rings. The average Bonchev–Trinajstić information content (AvgIpc) is 3.36. The van der Waals surface area contributed by atoms with E-state index in [2.05, 4.69) is 15.2 Å². The van der Waals surface area contributed by atoms with Gasteiger partial charge in [-0.2, -0.15) is 0 Å². The summed E-state index contributed by atoms with van der Waals surface area (Å²) >= 11 is 0. The van der Waals surface area contributed by atoms with Crippen LogP contribution in [0.15, 0.2) is 72.9 Å². The Hall–Kier alpha value is -5.99. The van der Waals surface area contributed by atoms with E-state index in [4.69, 9.17) is 10.2 Å². The van der Waals surface area contributed by atoms with Crippen molar-refractivity contribution >= 4 is 53.0 Å². The summed E-state index contributed by atoms with van der Waals surface area (Å²) in [5.74, 6) is 0.497. The highest BCUT2D eigenvalue weighted by Crippen LogP contribution is 2.33. The molecule has 2 saturated carbocycles. The summed E-state index contributed by atoms with van der Waals surface area (Å²) in [4.78, 5) is 86.2. The highest BCUT2D eigenvalue weighted by molar-refractivity contribution is 6.06. The Labute approximate surface area is 351 Å². The number of carbonyl (C=O) groups is 6. The molecule has 2 aliphatic heterocycles. The van der Waals surface area contributed by atoms with Crippen molar-refractivity contribution in [1.82, 2.24) is 20.1 Å². The number of pyridine rings is 1. The lowest BCUT2D eigenvalue weighted by atomic mass is 9.81. The number of imide groups is 1. The normalized spacial score (nSPS) is 21.8. The summed E-state index contributed by atoms with van der Waals surface area (Å²) < 4.78 is 0. The number of rotatable bonds is 10. The SMILES string of the molecule is CN(C(=O)O)c1ccccc1CC(=O)NCC1CCC(C(=O)O)CC1.CN1C(=O)N(CC2CCC(C(=O)N3CCN(c4ccccn4)CC3)CC2)C(=O)Cc2ccccc21. The van der Waals surface area contributed by atoms with Crippen molar-refractivity contribution < 1.29 is 39.0 Å². The number of anilines is 3. The van der Waals surface area contributed by atoms with Crippen molar-refractivity contribution in [1.29, 1.82) is 0 Å². The number of carboxylic acids is 1.